The summed E-state index contributed by atoms with van der Waals surface area (Å²) in [5.41, 5.74) is 0. The third kappa shape index (κ3) is 3.90. The van der Waals surface area contributed by atoms with Gasteiger partial charge in [-0.2, -0.15) is 0 Å². The van der Waals surface area contributed by atoms with Crippen molar-refractivity contribution in [3.8, 4) is 0 Å². The molecule has 1 unspecified atom stereocenters. The van der Waals surface area contributed by atoms with E-state index in [4.69, 9.17) is 5.11 Å². The first-order valence-corrected chi connectivity index (χ1v) is 5.96. The summed E-state index contributed by atoms with van der Waals surface area (Å²) in [5.74, 6) is -1.51. The predicted molar refractivity (Wildman–Crippen MR) is 64.0 cm³/mol. The third-order valence-electron chi connectivity index (χ3n) is 2.76. The monoisotopic (exact) mass is 257 g/mol. The van der Waals surface area contributed by atoms with Crippen LogP contribution in [0.2, 0.25) is 0 Å². The second kappa shape index (κ2) is 6.23. The summed E-state index contributed by atoms with van der Waals surface area (Å²) < 4.78 is 0. The Morgan fingerprint density at radius 2 is 2.11 bits per heavy atom. The number of nitrogens with one attached hydrogen (secondary N) is 2. The molecule has 0 radical (unpaired) electrons. The molecule has 0 aromatic rings. The molecule has 0 aromatic carbocycles. The Bertz CT molecular complexity index is 343. The minimum Gasteiger partial charge on any atom is -0.480 e. The Morgan fingerprint density at radius 3 is 2.67 bits per heavy atom. The quantitative estimate of drug-likeness (QED) is 0.642. The second-order valence-electron chi connectivity index (χ2n) is 4.63. The van der Waals surface area contributed by atoms with Crippen LogP contribution in [0.4, 0.5) is 4.79 Å². The van der Waals surface area contributed by atoms with Crippen LogP contribution in [0, 0.1) is 5.92 Å². The molecule has 1 aliphatic heterocycles. The molecule has 1 rings (SSSR count). The third-order valence-corrected chi connectivity index (χ3v) is 2.76. The van der Waals surface area contributed by atoms with E-state index in [0.29, 0.717) is 19.5 Å². The molecular weight excluding hydrogens is 238 g/mol. The fourth-order valence-electron chi connectivity index (χ4n) is 1.72. The highest BCUT2D eigenvalue weighted by Gasteiger charge is 2.27. The van der Waals surface area contributed by atoms with Crippen molar-refractivity contribution in [1.82, 2.24) is 15.5 Å². The van der Waals surface area contributed by atoms with Gasteiger partial charge in [-0.3, -0.25) is 4.79 Å². The van der Waals surface area contributed by atoms with E-state index in [1.807, 2.05) is 0 Å². The Labute approximate surface area is 106 Å². The molecule has 1 fully saturated rings. The lowest BCUT2D eigenvalue weighted by atomic mass is 10.1. The van der Waals surface area contributed by atoms with Gasteiger partial charge in [0, 0.05) is 13.1 Å². The van der Waals surface area contributed by atoms with Gasteiger partial charge in [-0.05, 0) is 12.3 Å². The molecule has 0 aromatic heterocycles. The van der Waals surface area contributed by atoms with E-state index >= 15 is 0 Å². The summed E-state index contributed by atoms with van der Waals surface area (Å²) in [4.78, 5) is 35.5. The molecule has 1 saturated heterocycles. The molecule has 7 heteroatoms. The van der Waals surface area contributed by atoms with Crippen LogP contribution in [0.25, 0.3) is 0 Å². The van der Waals surface area contributed by atoms with Crippen LogP contribution in [0.5, 0.6) is 0 Å². The summed E-state index contributed by atoms with van der Waals surface area (Å²) >= 11 is 0. The van der Waals surface area contributed by atoms with E-state index in [0.717, 1.165) is 0 Å². The lowest BCUT2D eigenvalue weighted by Gasteiger charge is -2.24. The van der Waals surface area contributed by atoms with Gasteiger partial charge in [-0.25, -0.2) is 9.59 Å². The van der Waals surface area contributed by atoms with Crippen molar-refractivity contribution in [3.63, 3.8) is 0 Å². The average Bonchev–Trinajstić information content (AvgIpc) is 2.49. The van der Waals surface area contributed by atoms with Gasteiger partial charge in [0.1, 0.15) is 12.6 Å². The smallest absolute Gasteiger partial charge is 0.326 e. The molecule has 1 aliphatic rings. The van der Waals surface area contributed by atoms with E-state index in [-0.39, 0.29) is 18.4 Å². The number of urea groups is 1. The molecule has 3 amide bonds. The molecular formula is C11H19N3O4. The highest BCUT2D eigenvalue weighted by Crippen LogP contribution is 2.04. The fraction of sp³-hybridized carbons (Fsp3) is 0.727. The second-order valence-corrected chi connectivity index (χ2v) is 4.63. The Hall–Kier alpha value is -1.79. The van der Waals surface area contributed by atoms with Crippen molar-refractivity contribution in [2.24, 2.45) is 5.92 Å². The maximum Gasteiger partial charge on any atom is 0.326 e. The van der Waals surface area contributed by atoms with Crippen molar-refractivity contribution >= 4 is 17.9 Å². The number of hydrogen-bond donors (Lipinski definition) is 3. The van der Waals surface area contributed by atoms with Crippen LogP contribution >= 0.6 is 0 Å². The molecule has 102 valence electrons. The summed E-state index contributed by atoms with van der Waals surface area (Å²) in [6.45, 7) is 4.38. The van der Waals surface area contributed by atoms with Crippen LogP contribution in [0.15, 0.2) is 0 Å². The zero-order chi connectivity index (χ0) is 13.7. The highest BCUT2D eigenvalue weighted by molar-refractivity contribution is 5.87. The Balaban J connectivity index is 2.62. The summed E-state index contributed by atoms with van der Waals surface area (Å²) in [6.07, 6.45) is 0.665. The van der Waals surface area contributed by atoms with Crippen LogP contribution in [-0.2, 0) is 9.59 Å². The number of carbonyl (C=O) groups excluding carboxylic acids is 2. The van der Waals surface area contributed by atoms with Gasteiger partial charge in [-0.15, -0.1) is 0 Å². The lowest BCUT2D eigenvalue weighted by Crippen LogP contribution is -2.51. The molecule has 7 nitrogen and oxygen atoms in total. The van der Waals surface area contributed by atoms with Crippen molar-refractivity contribution in [2.45, 2.75) is 26.3 Å². The number of aliphatic carboxylic acids is 1. The van der Waals surface area contributed by atoms with Gasteiger partial charge >= 0.3 is 12.0 Å². The summed E-state index contributed by atoms with van der Waals surface area (Å²) in [5, 5.41) is 14.1. The van der Waals surface area contributed by atoms with E-state index in [1.165, 1.54) is 4.90 Å². The number of amides is 3. The van der Waals surface area contributed by atoms with E-state index in [2.05, 4.69) is 10.6 Å². The number of hydrogen-bond acceptors (Lipinski definition) is 3. The Morgan fingerprint density at radius 1 is 1.44 bits per heavy atom. The zero-order valence-corrected chi connectivity index (χ0v) is 10.6. The maximum absolute atomic E-state index is 11.9. The highest BCUT2D eigenvalue weighted by atomic mass is 16.4. The average molecular weight is 257 g/mol. The summed E-state index contributed by atoms with van der Waals surface area (Å²) in [7, 11) is 0. The standard InChI is InChI=1S/C11H19N3O4/c1-7(2)9(10(16)17)13-11(18)14-5-3-4-12-8(15)6-14/h7,9H,3-6H2,1-2H3,(H,12,15)(H,13,18)(H,16,17). The van der Waals surface area contributed by atoms with Crippen molar-refractivity contribution in [1.29, 1.82) is 0 Å². The topological polar surface area (TPSA) is 98.7 Å². The molecule has 3 N–H and O–H groups in total. The summed E-state index contributed by atoms with van der Waals surface area (Å²) in [6, 6.07) is -1.45. The van der Waals surface area contributed by atoms with Crippen LogP contribution < -0.4 is 10.6 Å². The van der Waals surface area contributed by atoms with E-state index < -0.39 is 18.0 Å². The number of carbonyl (C=O) groups is 3. The number of carboxylic acids is 1. The lowest BCUT2D eigenvalue weighted by molar-refractivity contribution is -0.140. The van der Waals surface area contributed by atoms with E-state index in [1.54, 1.807) is 13.8 Å². The van der Waals surface area contributed by atoms with Crippen LogP contribution in [-0.4, -0.2) is 53.6 Å². The van der Waals surface area contributed by atoms with Gasteiger partial charge in [0.15, 0.2) is 0 Å². The molecule has 0 saturated carbocycles. The van der Waals surface area contributed by atoms with Gasteiger partial charge in [0.25, 0.3) is 0 Å². The normalized spacial score (nSPS) is 17.9. The number of rotatable bonds is 3. The van der Waals surface area contributed by atoms with Crippen molar-refractivity contribution in [2.75, 3.05) is 19.6 Å². The SMILES string of the molecule is CC(C)C(NC(=O)N1CCCNC(=O)C1)C(=O)O. The number of carboxylic acid groups (broad SMARTS) is 1. The molecule has 1 heterocycles. The minimum atomic E-state index is -1.07. The van der Waals surface area contributed by atoms with Gasteiger partial charge in [0.05, 0.1) is 0 Å². The van der Waals surface area contributed by atoms with Crippen molar-refractivity contribution < 1.29 is 19.5 Å². The molecule has 1 atom stereocenters. The molecule has 0 aliphatic carbocycles. The van der Waals surface area contributed by atoms with Gasteiger partial charge < -0.3 is 20.6 Å². The van der Waals surface area contributed by atoms with Crippen LogP contribution in [0.1, 0.15) is 20.3 Å². The van der Waals surface area contributed by atoms with Crippen LogP contribution in [0.3, 0.4) is 0 Å². The van der Waals surface area contributed by atoms with E-state index in [9.17, 15) is 14.4 Å². The Kier molecular flexibility index (Phi) is 4.94. The first kappa shape index (κ1) is 14.3. The van der Waals surface area contributed by atoms with Gasteiger partial charge in [0.2, 0.25) is 5.91 Å². The first-order chi connectivity index (χ1) is 8.41. The van der Waals surface area contributed by atoms with Crippen molar-refractivity contribution in [3.05, 3.63) is 0 Å². The molecule has 0 bridgehead atoms. The molecule has 0 spiro atoms. The largest absolute Gasteiger partial charge is 0.480 e. The first-order valence-electron chi connectivity index (χ1n) is 5.96. The fourth-order valence-corrected chi connectivity index (χ4v) is 1.72. The van der Waals surface area contributed by atoms with Gasteiger partial charge in [-0.1, -0.05) is 13.8 Å². The minimum absolute atomic E-state index is 0.0315. The predicted octanol–water partition coefficient (Wildman–Crippen LogP) is -0.373. The zero-order valence-electron chi connectivity index (χ0n) is 10.6. The molecule has 18 heavy (non-hydrogen) atoms. The maximum atomic E-state index is 11.9. The number of nitrogens with zero attached hydrogens (tertiary/aromatic N) is 1.